The molecule has 0 bridgehead atoms. The molecule has 0 fully saturated rings. The number of halogens is 2. The van der Waals surface area contributed by atoms with Gasteiger partial charge in [-0.25, -0.2) is 14.0 Å². The highest BCUT2D eigenvalue weighted by Gasteiger charge is 2.29. The predicted molar refractivity (Wildman–Crippen MR) is 117 cm³/mol. The Morgan fingerprint density at radius 2 is 1.87 bits per heavy atom. The lowest BCUT2D eigenvalue weighted by Crippen LogP contribution is -2.45. The maximum Gasteiger partial charge on any atom is 0.408 e. The number of primary amides is 1. The van der Waals surface area contributed by atoms with Gasteiger partial charge in [0.1, 0.15) is 23.2 Å². The van der Waals surface area contributed by atoms with E-state index in [2.05, 4.69) is 5.32 Å². The van der Waals surface area contributed by atoms with Crippen LogP contribution in [0.4, 0.5) is 9.18 Å². The van der Waals surface area contributed by atoms with Gasteiger partial charge in [-0.1, -0.05) is 13.8 Å². The minimum absolute atomic E-state index is 0.000245. The largest absolute Gasteiger partial charge is 0.496 e. The van der Waals surface area contributed by atoms with Crippen molar-refractivity contribution < 1.29 is 33.0 Å². The van der Waals surface area contributed by atoms with Gasteiger partial charge in [-0.15, -0.1) is 0 Å². The Kier molecular flexibility index (Phi) is 9.32. The van der Waals surface area contributed by atoms with Crippen molar-refractivity contribution >= 4 is 40.6 Å². The van der Waals surface area contributed by atoms with E-state index in [0.717, 1.165) is 6.07 Å². The second-order valence-electron chi connectivity index (χ2n) is 8.03. The molecule has 0 saturated heterocycles. The highest BCUT2D eigenvalue weighted by atomic mass is 127. The average molecular weight is 538 g/mol. The van der Waals surface area contributed by atoms with E-state index in [9.17, 15) is 18.8 Å². The molecule has 1 unspecified atom stereocenters. The van der Waals surface area contributed by atoms with Crippen LogP contribution >= 0.6 is 22.6 Å². The van der Waals surface area contributed by atoms with Gasteiger partial charge in [-0.05, 0) is 55.3 Å². The Labute approximate surface area is 189 Å². The monoisotopic (exact) mass is 538 g/mol. The molecular formula is C20H28FIN2O6. The molecule has 0 saturated carbocycles. The summed E-state index contributed by atoms with van der Waals surface area (Å²) in [5, 5.41) is 2.45. The first kappa shape index (κ1) is 25.9. The van der Waals surface area contributed by atoms with Crippen LogP contribution in [-0.4, -0.2) is 43.3 Å². The van der Waals surface area contributed by atoms with Gasteiger partial charge in [-0.2, -0.15) is 0 Å². The number of carbonyl (C=O) groups is 3. The SMILES string of the molecule is COc1c(CC(NC(=O)OC(C)(C)C)C(=O)OCC(C)C)cc(F)c(I)c1C(N)=O. The van der Waals surface area contributed by atoms with Gasteiger partial charge in [-0.3, -0.25) is 4.79 Å². The van der Waals surface area contributed by atoms with Crippen molar-refractivity contribution in [1.82, 2.24) is 5.32 Å². The Morgan fingerprint density at radius 1 is 1.27 bits per heavy atom. The third-order valence-corrected chi connectivity index (χ3v) is 4.71. The zero-order valence-electron chi connectivity index (χ0n) is 17.9. The number of hydrogen-bond donors (Lipinski definition) is 2. The summed E-state index contributed by atoms with van der Waals surface area (Å²) in [6.45, 7) is 8.89. The molecule has 3 N–H and O–H groups in total. The molecule has 168 valence electrons. The van der Waals surface area contributed by atoms with E-state index < -0.39 is 35.4 Å². The fraction of sp³-hybridized carbons (Fsp3) is 0.550. The zero-order valence-corrected chi connectivity index (χ0v) is 20.1. The lowest BCUT2D eigenvalue weighted by molar-refractivity contribution is -0.147. The second-order valence-corrected chi connectivity index (χ2v) is 9.11. The van der Waals surface area contributed by atoms with Crippen molar-refractivity contribution in [2.45, 2.75) is 52.7 Å². The van der Waals surface area contributed by atoms with Crippen molar-refractivity contribution in [3.05, 3.63) is 26.6 Å². The van der Waals surface area contributed by atoms with Gasteiger partial charge in [0.15, 0.2) is 0 Å². The summed E-state index contributed by atoms with van der Waals surface area (Å²) >= 11 is 1.65. The molecule has 0 aliphatic carbocycles. The van der Waals surface area contributed by atoms with Crippen LogP contribution in [0.1, 0.15) is 50.5 Å². The second kappa shape index (κ2) is 10.8. The molecule has 1 aromatic carbocycles. The van der Waals surface area contributed by atoms with Crippen LogP contribution in [0.3, 0.4) is 0 Å². The van der Waals surface area contributed by atoms with Gasteiger partial charge in [0, 0.05) is 12.0 Å². The Bertz CT molecular complexity index is 807. The standard InChI is InChI=1S/C20H28FIN2O6/c1-10(2)9-29-18(26)13(24-19(27)30-20(3,4)5)8-11-7-12(21)15(22)14(17(23)25)16(11)28-6/h7,10,13H,8-9H2,1-6H3,(H2,23,25)(H,24,27). The lowest BCUT2D eigenvalue weighted by atomic mass is 10.0. The van der Waals surface area contributed by atoms with Crippen molar-refractivity contribution in [2.24, 2.45) is 11.7 Å². The van der Waals surface area contributed by atoms with E-state index in [1.807, 2.05) is 13.8 Å². The first-order valence-electron chi connectivity index (χ1n) is 9.27. The Balaban J connectivity index is 3.30. The van der Waals surface area contributed by atoms with Gasteiger partial charge < -0.3 is 25.3 Å². The lowest BCUT2D eigenvalue weighted by Gasteiger charge is -2.24. The molecule has 30 heavy (non-hydrogen) atoms. The number of ether oxygens (including phenoxy) is 3. The zero-order chi connectivity index (χ0) is 23.2. The quantitative estimate of drug-likeness (QED) is 0.388. The van der Waals surface area contributed by atoms with Crippen molar-refractivity contribution in [1.29, 1.82) is 0 Å². The maximum atomic E-state index is 14.4. The minimum atomic E-state index is -1.20. The first-order valence-corrected chi connectivity index (χ1v) is 10.4. The summed E-state index contributed by atoms with van der Waals surface area (Å²) in [5.41, 5.74) is 4.62. The highest BCUT2D eigenvalue weighted by molar-refractivity contribution is 14.1. The molecular weight excluding hydrogens is 510 g/mol. The molecule has 1 atom stereocenters. The molecule has 0 spiro atoms. The van der Waals surface area contributed by atoms with Crippen molar-refractivity contribution in [3.8, 4) is 5.75 Å². The van der Waals surface area contributed by atoms with Crippen LogP contribution in [0.25, 0.3) is 0 Å². The summed E-state index contributed by atoms with van der Waals surface area (Å²) < 4.78 is 30.1. The summed E-state index contributed by atoms with van der Waals surface area (Å²) in [7, 11) is 1.30. The number of rotatable bonds is 8. The smallest absolute Gasteiger partial charge is 0.408 e. The molecule has 8 nitrogen and oxygen atoms in total. The third kappa shape index (κ3) is 7.62. The number of esters is 1. The molecule has 0 aliphatic heterocycles. The predicted octanol–water partition coefficient (Wildman–Crippen LogP) is 3.17. The van der Waals surface area contributed by atoms with Gasteiger partial charge in [0.05, 0.1) is 22.9 Å². The molecule has 0 aromatic heterocycles. The number of nitrogens with two attached hydrogens (primary N) is 1. The fourth-order valence-electron chi connectivity index (χ4n) is 2.48. The topological polar surface area (TPSA) is 117 Å². The number of carbonyl (C=O) groups excluding carboxylic acids is 3. The molecule has 2 amide bonds. The third-order valence-electron chi connectivity index (χ3n) is 3.66. The highest BCUT2D eigenvalue weighted by Crippen LogP contribution is 2.31. The van der Waals surface area contributed by atoms with Gasteiger partial charge >= 0.3 is 12.1 Å². The summed E-state index contributed by atoms with van der Waals surface area (Å²) in [4.78, 5) is 36.7. The molecule has 1 rings (SSSR count). The fourth-order valence-corrected chi connectivity index (χ4v) is 3.15. The van der Waals surface area contributed by atoms with Crippen LogP contribution in [0.15, 0.2) is 6.07 Å². The van der Waals surface area contributed by atoms with Crippen LogP contribution in [0.2, 0.25) is 0 Å². The number of amides is 2. The Hall–Kier alpha value is -2.11. The van der Waals surface area contributed by atoms with Crippen LogP contribution in [0, 0.1) is 15.3 Å². The van der Waals surface area contributed by atoms with Crippen molar-refractivity contribution in [2.75, 3.05) is 13.7 Å². The van der Waals surface area contributed by atoms with E-state index in [0.29, 0.717) is 0 Å². The van der Waals surface area contributed by atoms with E-state index >= 15 is 0 Å². The maximum absolute atomic E-state index is 14.4. The van der Waals surface area contributed by atoms with Crippen molar-refractivity contribution in [3.63, 3.8) is 0 Å². The molecule has 0 radical (unpaired) electrons. The summed E-state index contributed by atoms with van der Waals surface area (Å²) in [5.74, 6) is -2.21. The molecule has 0 heterocycles. The van der Waals surface area contributed by atoms with E-state index in [1.54, 1.807) is 43.4 Å². The number of nitrogens with one attached hydrogen (secondary N) is 1. The number of benzene rings is 1. The summed E-state index contributed by atoms with van der Waals surface area (Å²) in [6, 6.07) is -0.0697. The molecule has 1 aromatic rings. The normalized spacial score (nSPS) is 12.3. The first-order chi connectivity index (χ1) is 13.8. The minimum Gasteiger partial charge on any atom is -0.496 e. The number of hydrogen-bond acceptors (Lipinski definition) is 6. The van der Waals surface area contributed by atoms with E-state index in [-0.39, 0.29) is 39.4 Å². The van der Waals surface area contributed by atoms with E-state index in [1.165, 1.54) is 7.11 Å². The molecule has 10 heteroatoms. The average Bonchev–Trinajstić information content (AvgIpc) is 2.59. The van der Waals surface area contributed by atoms with Gasteiger partial charge in [0.2, 0.25) is 0 Å². The number of methoxy groups -OCH3 is 1. The summed E-state index contributed by atoms with van der Waals surface area (Å²) in [6.07, 6.45) is -1.04. The van der Waals surface area contributed by atoms with Crippen LogP contribution in [0.5, 0.6) is 5.75 Å². The van der Waals surface area contributed by atoms with E-state index in [4.69, 9.17) is 19.9 Å². The van der Waals surface area contributed by atoms with Crippen LogP contribution < -0.4 is 15.8 Å². The number of alkyl carbamates (subject to hydrolysis) is 1. The van der Waals surface area contributed by atoms with Gasteiger partial charge in [0.25, 0.3) is 5.91 Å². The Morgan fingerprint density at radius 3 is 2.33 bits per heavy atom. The van der Waals surface area contributed by atoms with Crippen LogP contribution in [-0.2, 0) is 20.7 Å². The molecule has 0 aliphatic rings.